The summed E-state index contributed by atoms with van der Waals surface area (Å²) in [4.78, 5) is 41.4. The summed E-state index contributed by atoms with van der Waals surface area (Å²) in [7, 11) is 0. The average Bonchev–Trinajstić information content (AvgIpc) is 3.18. The van der Waals surface area contributed by atoms with Gasteiger partial charge in [0.25, 0.3) is 5.71 Å². The molecule has 10 heteroatoms. The van der Waals surface area contributed by atoms with E-state index in [0.717, 1.165) is 5.56 Å². The Bertz CT molecular complexity index is 1230. The predicted octanol–water partition coefficient (Wildman–Crippen LogP) is 2.49. The second-order valence-corrected chi connectivity index (χ2v) is 6.93. The van der Waals surface area contributed by atoms with E-state index in [2.05, 4.69) is 20.8 Å². The number of carbonyl (C=O) groups excluding carboxylic acids is 3. The Morgan fingerprint density at radius 3 is 2.69 bits per heavy atom. The maximum Gasteiger partial charge on any atom is 0.339 e. The number of benzene rings is 1. The molecule has 2 aromatic heterocycles. The number of urea groups is 1. The third-order valence-corrected chi connectivity index (χ3v) is 4.83. The number of pyridine rings is 1. The van der Waals surface area contributed by atoms with Gasteiger partial charge in [-0.05, 0) is 19.9 Å². The van der Waals surface area contributed by atoms with E-state index in [1.54, 1.807) is 19.9 Å². The Morgan fingerprint density at radius 1 is 1.16 bits per heavy atom. The van der Waals surface area contributed by atoms with E-state index >= 15 is 0 Å². The zero-order valence-electron chi connectivity index (χ0n) is 17.4. The number of carbonyl (C=O) groups is 3. The standard InChI is InChI=1S/C22H20N4O6/c1-3-30-21(28)15-10-23-22(29)25-17(15)11-31-20(27)14-9-16(13-7-5-4-6-8-13)24-19-18(14)12(2)26-32-19/h4-9H,3,10-11H2,1-2H3,(H2,23,25,29). The highest BCUT2D eigenvalue weighted by atomic mass is 16.5. The molecule has 0 saturated heterocycles. The Morgan fingerprint density at radius 2 is 1.94 bits per heavy atom. The molecule has 1 aromatic carbocycles. The number of ether oxygens (including phenoxy) is 2. The first-order chi connectivity index (χ1) is 15.5. The molecule has 3 aromatic rings. The van der Waals surface area contributed by atoms with Crippen LogP contribution in [-0.2, 0) is 14.3 Å². The maximum absolute atomic E-state index is 13.0. The third kappa shape index (κ3) is 4.15. The Labute approximate surface area is 182 Å². The highest BCUT2D eigenvalue weighted by molar-refractivity contribution is 6.04. The summed E-state index contributed by atoms with van der Waals surface area (Å²) >= 11 is 0. The topological polar surface area (TPSA) is 133 Å². The fourth-order valence-corrected chi connectivity index (χ4v) is 3.30. The molecule has 0 bridgehead atoms. The van der Waals surface area contributed by atoms with E-state index in [4.69, 9.17) is 14.0 Å². The Balaban J connectivity index is 1.65. The first kappa shape index (κ1) is 21.0. The van der Waals surface area contributed by atoms with Crippen LogP contribution in [0.25, 0.3) is 22.4 Å². The minimum absolute atomic E-state index is 0.0278. The smallest absolute Gasteiger partial charge is 0.339 e. The lowest BCUT2D eigenvalue weighted by molar-refractivity contribution is -0.138. The van der Waals surface area contributed by atoms with Crippen LogP contribution >= 0.6 is 0 Å². The number of nitrogens with one attached hydrogen (secondary N) is 2. The summed E-state index contributed by atoms with van der Waals surface area (Å²) in [5, 5.41) is 9.34. The van der Waals surface area contributed by atoms with Crippen molar-refractivity contribution in [3.63, 3.8) is 0 Å². The number of amides is 2. The quantitative estimate of drug-likeness (QED) is 0.563. The lowest BCUT2D eigenvalue weighted by atomic mass is 10.1. The van der Waals surface area contributed by atoms with Crippen molar-refractivity contribution in [2.75, 3.05) is 19.8 Å². The summed E-state index contributed by atoms with van der Waals surface area (Å²) in [6, 6.07) is 10.4. The van der Waals surface area contributed by atoms with Crippen LogP contribution in [0, 0.1) is 6.92 Å². The molecule has 164 valence electrons. The van der Waals surface area contributed by atoms with Crippen LogP contribution in [0.2, 0.25) is 0 Å². The highest BCUT2D eigenvalue weighted by Crippen LogP contribution is 2.27. The number of aryl methyl sites for hydroxylation is 1. The Kier molecular flexibility index (Phi) is 5.84. The Hall–Kier alpha value is -4.21. The number of rotatable bonds is 6. The highest BCUT2D eigenvalue weighted by Gasteiger charge is 2.26. The van der Waals surface area contributed by atoms with Crippen LogP contribution in [0.1, 0.15) is 23.0 Å². The maximum atomic E-state index is 13.0. The van der Waals surface area contributed by atoms with Crippen LogP contribution < -0.4 is 10.6 Å². The number of hydrogen-bond acceptors (Lipinski definition) is 8. The van der Waals surface area contributed by atoms with Crippen LogP contribution in [0.5, 0.6) is 0 Å². The van der Waals surface area contributed by atoms with E-state index in [9.17, 15) is 14.4 Å². The van der Waals surface area contributed by atoms with Crippen LogP contribution in [0.3, 0.4) is 0 Å². The molecule has 0 atom stereocenters. The van der Waals surface area contributed by atoms with Crippen molar-refractivity contribution >= 4 is 29.1 Å². The molecule has 1 aliphatic rings. The third-order valence-electron chi connectivity index (χ3n) is 4.83. The van der Waals surface area contributed by atoms with Gasteiger partial charge in [0.05, 0.1) is 46.8 Å². The van der Waals surface area contributed by atoms with Crippen molar-refractivity contribution in [3.05, 3.63) is 58.9 Å². The van der Waals surface area contributed by atoms with Crippen LogP contribution in [-0.4, -0.2) is 47.9 Å². The summed E-state index contributed by atoms with van der Waals surface area (Å²) < 4.78 is 15.7. The van der Waals surface area contributed by atoms with Gasteiger partial charge in [-0.2, -0.15) is 0 Å². The van der Waals surface area contributed by atoms with Gasteiger partial charge in [0, 0.05) is 5.56 Å². The fraction of sp³-hybridized carbons (Fsp3) is 0.227. The molecule has 0 unspecified atom stereocenters. The fourth-order valence-electron chi connectivity index (χ4n) is 3.30. The van der Waals surface area contributed by atoms with Crippen molar-refractivity contribution < 1.29 is 28.4 Å². The molecule has 2 amide bonds. The van der Waals surface area contributed by atoms with E-state index in [1.165, 1.54) is 0 Å². The van der Waals surface area contributed by atoms with Gasteiger partial charge in [0.15, 0.2) is 0 Å². The zero-order chi connectivity index (χ0) is 22.7. The molecule has 0 fully saturated rings. The molecule has 1 aliphatic heterocycles. The van der Waals surface area contributed by atoms with Gasteiger partial charge in [-0.25, -0.2) is 19.4 Å². The van der Waals surface area contributed by atoms with Gasteiger partial charge in [-0.15, -0.1) is 0 Å². The summed E-state index contributed by atoms with van der Waals surface area (Å²) in [6.07, 6.45) is 0. The molecule has 10 nitrogen and oxygen atoms in total. The van der Waals surface area contributed by atoms with Crippen LogP contribution in [0.4, 0.5) is 4.79 Å². The largest absolute Gasteiger partial charge is 0.463 e. The molecule has 2 N–H and O–H groups in total. The van der Waals surface area contributed by atoms with Crippen molar-refractivity contribution in [2.24, 2.45) is 0 Å². The SMILES string of the molecule is CCOC(=O)C1=C(COC(=O)c2cc(-c3ccccc3)nc3onc(C)c23)NC(=O)NC1. The predicted molar refractivity (Wildman–Crippen MR) is 112 cm³/mol. The van der Waals surface area contributed by atoms with Gasteiger partial charge in [-0.3, -0.25) is 0 Å². The van der Waals surface area contributed by atoms with Crippen molar-refractivity contribution in [3.8, 4) is 11.3 Å². The number of aromatic nitrogens is 2. The molecule has 4 rings (SSSR count). The number of esters is 2. The van der Waals surface area contributed by atoms with E-state index in [0.29, 0.717) is 16.8 Å². The molecule has 0 saturated carbocycles. The monoisotopic (exact) mass is 436 g/mol. The number of fused-ring (bicyclic) bond motifs is 1. The van der Waals surface area contributed by atoms with Gasteiger partial charge < -0.3 is 24.6 Å². The lowest BCUT2D eigenvalue weighted by Crippen LogP contribution is -2.45. The van der Waals surface area contributed by atoms with Gasteiger partial charge in [0.1, 0.15) is 6.61 Å². The van der Waals surface area contributed by atoms with Crippen molar-refractivity contribution in [1.82, 2.24) is 20.8 Å². The first-order valence-corrected chi connectivity index (χ1v) is 9.91. The van der Waals surface area contributed by atoms with Crippen molar-refractivity contribution in [1.29, 1.82) is 0 Å². The number of nitrogens with zero attached hydrogens (tertiary/aromatic N) is 2. The second kappa shape index (κ2) is 8.88. The van der Waals surface area contributed by atoms with Crippen molar-refractivity contribution in [2.45, 2.75) is 13.8 Å². The van der Waals surface area contributed by atoms with Crippen LogP contribution in [0.15, 0.2) is 52.2 Å². The van der Waals surface area contributed by atoms with Gasteiger partial charge in [0.2, 0.25) is 0 Å². The van der Waals surface area contributed by atoms with Gasteiger partial charge in [-0.1, -0.05) is 35.5 Å². The molecule has 0 aliphatic carbocycles. The lowest BCUT2D eigenvalue weighted by Gasteiger charge is -2.21. The molecular formula is C22H20N4O6. The zero-order valence-corrected chi connectivity index (χ0v) is 17.4. The minimum Gasteiger partial charge on any atom is -0.463 e. The number of hydrogen-bond donors (Lipinski definition) is 2. The molecule has 0 spiro atoms. The summed E-state index contributed by atoms with van der Waals surface area (Å²) in [6.45, 7) is 3.19. The summed E-state index contributed by atoms with van der Waals surface area (Å²) in [5.41, 5.74) is 2.56. The molecule has 0 radical (unpaired) electrons. The molecular weight excluding hydrogens is 416 g/mol. The molecule has 32 heavy (non-hydrogen) atoms. The molecule has 3 heterocycles. The first-order valence-electron chi connectivity index (χ1n) is 9.91. The normalized spacial score (nSPS) is 13.5. The second-order valence-electron chi connectivity index (χ2n) is 6.93. The van der Waals surface area contributed by atoms with E-state index in [-0.39, 0.29) is 42.3 Å². The van der Waals surface area contributed by atoms with E-state index < -0.39 is 18.0 Å². The minimum atomic E-state index is -0.677. The average molecular weight is 436 g/mol. The van der Waals surface area contributed by atoms with E-state index in [1.807, 2.05) is 30.3 Å². The van der Waals surface area contributed by atoms with Gasteiger partial charge >= 0.3 is 18.0 Å². The summed E-state index contributed by atoms with van der Waals surface area (Å²) in [5.74, 6) is -1.28.